The lowest BCUT2D eigenvalue weighted by Gasteiger charge is -2.35. The Bertz CT molecular complexity index is 1440. The molecule has 0 unspecified atom stereocenters. The first kappa shape index (κ1) is 30.8. The minimum atomic E-state index is -3.86. The number of carbonyl (C=O) groups is 2. The van der Waals surface area contributed by atoms with Gasteiger partial charge in [0.1, 0.15) is 18.4 Å². The van der Waals surface area contributed by atoms with Gasteiger partial charge in [-0.1, -0.05) is 60.2 Å². The molecule has 0 heterocycles. The number of amides is 2. The van der Waals surface area contributed by atoms with Crippen molar-refractivity contribution >= 4 is 27.5 Å². The average Bonchev–Trinajstić information content (AvgIpc) is 2.85. The summed E-state index contributed by atoms with van der Waals surface area (Å²) in [6, 6.07) is 19.4. The number of aryl methyl sites for hydroxylation is 2. The van der Waals surface area contributed by atoms with Crippen LogP contribution in [-0.4, -0.2) is 49.5 Å². The standard InChI is InChI=1S/C31H38FN3O4S/c1-22-12-17-27(23(2)18-22)35(40(6,38)39)21-29(36)34(20-25-13-15-26(32)16-14-25)28(30(37)33-31(3,4)5)19-24-10-8-7-9-11-24/h7-18,28H,19-21H2,1-6H3,(H,33,37)/t28-/m0/s1. The van der Waals surface area contributed by atoms with E-state index in [0.717, 1.165) is 21.7 Å². The van der Waals surface area contributed by atoms with E-state index in [4.69, 9.17) is 0 Å². The van der Waals surface area contributed by atoms with Gasteiger partial charge in [0.2, 0.25) is 21.8 Å². The van der Waals surface area contributed by atoms with Crippen LogP contribution < -0.4 is 9.62 Å². The number of anilines is 1. The van der Waals surface area contributed by atoms with Crippen LogP contribution in [0.1, 0.15) is 43.0 Å². The van der Waals surface area contributed by atoms with Crippen LogP contribution in [0.4, 0.5) is 10.1 Å². The largest absolute Gasteiger partial charge is 0.350 e. The first-order valence-electron chi connectivity index (χ1n) is 13.1. The van der Waals surface area contributed by atoms with Crippen molar-refractivity contribution in [2.45, 2.75) is 59.2 Å². The van der Waals surface area contributed by atoms with Gasteiger partial charge in [-0.25, -0.2) is 12.8 Å². The quantitative estimate of drug-likeness (QED) is 0.383. The van der Waals surface area contributed by atoms with Crippen LogP contribution in [0.2, 0.25) is 0 Å². The van der Waals surface area contributed by atoms with Gasteiger partial charge in [-0.2, -0.15) is 0 Å². The van der Waals surface area contributed by atoms with Crippen molar-refractivity contribution in [1.82, 2.24) is 10.2 Å². The molecule has 1 atom stereocenters. The van der Waals surface area contributed by atoms with E-state index in [1.807, 2.05) is 64.1 Å². The van der Waals surface area contributed by atoms with Gasteiger partial charge < -0.3 is 10.2 Å². The number of nitrogens with zero attached hydrogens (tertiary/aromatic N) is 2. The summed E-state index contributed by atoms with van der Waals surface area (Å²) in [5, 5.41) is 2.98. The molecule has 2 amide bonds. The second-order valence-corrected chi connectivity index (χ2v) is 13.1. The molecule has 3 aromatic rings. The summed E-state index contributed by atoms with van der Waals surface area (Å²) in [5.74, 6) is -1.35. The van der Waals surface area contributed by atoms with Crippen molar-refractivity contribution in [3.05, 3.63) is 101 Å². The number of halogens is 1. The fraction of sp³-hybridized carbons (Fsp3) is 0.355. The van der Waals surface area contributed by atoms with Gasteiger partial charge in [0.05, 0.1) is 11.9 Å². The fourth-order valence-electron chi connectivity index (χ4n) is 4.47. The molecule has 214 valence electrons. The maximum atomic E-state index is 14.1. The van der Waals surface area contributed by atoms with E-state index < -0.39 is 39.9 Å². The average molecular weight is 568 g/mol. The van der Waals surface area contributed by atoms with Crippen LogP contribution >= 0.6 is 0 Å². The normalized spacial score (nSPS) is 12.5. The summed E-state index contributed by atoms with van der Waals surface area (Å²) in [5.41, 5.74) is 2.92. The first-order chi connectivity index (χ1) is 18.6. The molecule has 3 aromatic carbocycles. The van der Waals surface area contributed by atoms with Crippen molar-refractivity contribution in [3.8, 4) is 0 Å². The Balaban J connectivity index is 2.09. The Morgan fingerprint density at radius 2 is 1.55 bits per heavy atom. The molecule has 0 aliphatic heterocycles. The number of benzene rings is 3. The smallest absolute Gasteiger partial charge is 0.244 e. The minimum Gasteiger partial charge on any atom is -0.350 e. The molecule has 0 bridgehead atoms. The number of sulfonamides is 1. The first-order valence-corrected chi connectivity index (χ1v) is 14.9. The van der Waals surface area contributed by atoms with Gasteiger partial charge in [-0.05, 0) is 69.5 Å². The molecule has 0 spiro atoms. The molecular weight excluding hydrogens is 529 g/mol. The van der Waals surface area contributed by atoms with Crippen molar-refractivity contribution in [2.75, 3.05) is 17.1 Å². The Morgan fingerprint density at radius 1 is 0.925 bits per heavy atom. The van der Waals surface area contributed by atoms with E-state index >= 15 is 0 Å². The highest BCUT2D eigenvalue weighted by atomic mass is 32.2. The Hall–Kier alpha value is -3.72. The van der Waals surface area contributed by atoms with E-state index in [0.29, 0.717) is 16.8 Å². The van der Waals surface area contributed by atoms with Crippen molar-refractivity contribution in [1.29, 1.82) is 0 Å². The molecule has 9 heteroatoms. The molecular formula is C31H38FN3O4S. The van der Waals surface area contributed by atoms with Gasteiger partial charge in [0.25, 0.3) is 0 Å². The number of nitrogens with one attached hydrogen (secondary N) is 1. The zero-order chi connectivity index (χ0) is 29.7. The number of carbonyl (C=O) groups excluding carboxylic acids is 2. The fourth-order valence-corrected chi connectivity index (χ4v) is 5.38. The Kier molecular flexibility index (Phi) is 9.73. The summed E-state index contributed by atoms with van der Waals surface area (Å²) in [6.45, 7) is 8.72. The van der Waals surface area contributed by atoms with Gasteiger partial charge in [-0.3, -0.25) is 13.9 Å². The van der Waals surface area contributed by atoms with Crippen LogP contribution in [0.15, 0.2) is 72.8 Å². The third kappa shape index (κ3) is 8.64. The van der Waals surface area contributed by atoms with Gasteiger partial charge in [-0.15, -0.1) is 0 Å². The van der Waals surface area contributed by atoms with Crippen LogP contribution in [0, 0.1) is 19.7 Å². The van der Waals surface area contributed by atoms with Crippen molar-refractivity contribution in [2.24, 2.45) is 0 Å². The topological polar surface area (TPSA) is 86.8 Å². The maximum Gasteiger partial charge on any atom is 0.244 e. The molecule has 0 saturated heterocycles. The summed E-state index contributed by atoms with van der Waals surface area (Å²) < 4.78 is 40.6. The predicted molar refractivity (Wildman–Crippen MR) is 157 cm³/mol. The molecule has 40 heavy (non-hydrogen) atoms. The van der Waals surface area contributed by atoms with Crippen LogP contribution in [0.25, 0.3) is 0 Å². The lowest BCUT2D eigenvalue weighted by atomic mass is 10.0. The second-order valence-electron chi connectivity index (χ2n) is 11.2. The van der Waals surface area contributed by atoms with Gasteiger partial charge >= 0.3 is 0 Å². The lowest BCUT2D eigenvalue weighted by Crippen LogP contribution is -2.56. The van der Waals surface area contributed by atoms with E-state index in [9.17, 15) is 22.4 Å². The van der Waals surface area contributed by atoms with Crippen LogP contribution in [0.3, 0.4) is 0 Å². The van der Waals surface area contributed by atoms with Crippen LogP contribution in [-0.2, 0) is 32.6 Å². The Morgan fingerprint density at radius 3 is 2.10 bits per heavy atom. The molecule has 3 rings (SSSR count). The van der Waals surface area contributed by atoms with Crippen molar-refractivity contribution in [3.63, 3.8) is 0 Å². The molecule has 0 saturated carbocycles. The van der Waals surface area contributed by atoms with Gasteiger partial charge in [0.15, 0.2) is 0 Å². The summed E-state index contributed by atoms with van der Waals surface area (Å²) >= 11 is 0. The SMILES string of the molecule is Cc1ccc(N(CC(=O)N(Cc2ccc(F)cc2)[C@@H](Cc2ccccc2)C(=O)NC(C)(C)C)S(C)(=O)=O)c(C)c1. The highest BCUT2D eigenvalue weighted by molar-refractivity contribution is 7.92. The van der Waals surface area contributed by atoms with E-state index in [1.54, 1.807) is 31.2 Å². The zero-order valence-corrected chi connectivity index (χ0v) is 24.8. The number of rotatable bonds is 10. The van der Waals surface area contributed by atoms with E-state index in [-0.39, 0.29) is 18.9 Å². The molecule has 7 nitrogen and oxygen atoms in total. The zero-order valence-electron chi connectivity index (χ0n) is 23.9. The highest BCUT2D eigenvalue weighted by Crippen LogP contribution is 2.25. The van der Waals surface area contributed by atoms with Crippen molar-refractivity contribution < 1.29 is 22.4 Å². The third-order valence-electron chi connectivity index (χ3n) is 6.34. The maximum absolute atomic E-state index is 14.1. The summed E-state index contributed by atoms with van der Waals surface area (Å²) in [4.78, 5) is 29.2. The monoisotopic (exact) mass is 567 g/mol. The predicted octanol–water partition coefficient (Wildman–Crippen LogP) is 4.76. The molecule has 0 aromatic heterocycles. The number of hydrogen-bond donors (Lipinski definition) is 1. The van der Waals surface area contributed by atoms with E-state index in [2.05, 4.69) is 5.32 Å². The van der Waals surface area contributed by atoms with Gasteiger partial charge in [0, 0.05) is 18.5 Å². The Labute approximate surface area is 237 Å². The molecule has 1 N–H and O–H groups in total. The lowest BCUT2D eigenvalue weighted by molar-refractivity contribution is -0.140. The number of hydrogen-bond acceptors (Lipinski definition) is 4. The highest BCUT2D eigenvalue weighted by Gasteiger charge is 2.34. The third-order valence-corrected chi connectivity index (χ3v) is 7.46. The molecule has 0 radical (unpaired) electrons. The summed E-state index contributed by atoms with van der Waals surface area (Å²) in [6.07, 6.45) is 1.26. The second kappa shape index (κ2) is 12.6. The van der Waals surface area contributed by atoms with E-state index in [1.165, 1.54) is 17.0 Å². The molecule has 0 fully saturated rings. The molecule has 0 aliphatic rings. The van der Waals surface area contributed by atoms with Crippen LogP contribution in [0.5, 0.6) is 0 Å². The summed E-state index contributed by atoms with van der Waals surface area (Å²) in [7, 11) is -3.86. The minimum absolute atomic E-state index is 0.0152. The molecule has 0 aliphatic carbocycles.